The Labute approximate surface area is 121 Å². The lowest BCUT2D eigenvalue weighted by Gasteiger charge is -2.18. The third-order valence-corrected chi connectivity index (χ3v) is 3.65. The van der Waals surface area contributed by atoms with E-state index < -0.39 is 4.92 Å². The predicted octanol–water partition coefficient (Wildman–Crippen LogP) is 3.33. The molecule has 0 spiro atoms. The van der Waals surface area contributed by atoms with E-state index in [4.69, 9.17) is 11.6 Å². The Kier molecular flexibility index (Phi) is 4.74. The standard InChI is InChI=1S/C14H15ClN2O3/c15-13-8-11(17(19)20)6-7-12(13)14(18)16-9-10-4-2-1-3-5-10/h1-2,6-8,10H,3-5,9H2,(H,16,18). The largest absolute Gasteiger partial charge is 0.352 e. The van der Waals surface area contributed by atoms with Crippen molar-refractivity contribution in [1.82, 2.24) is 5.32 Å². The smallest absolute Gasteiger partial charge is 0.270 e. The van der Waals surface area contributed by atoms with E-state index in [-0.39, 0.29) is 22.2 Å². The van der Waals surface area contributed by atoms with Crippen LogP contribution in [-0.2, 0) is 0 Å². The molecule has 6 heteroatoms. The maximum atomic E-state index is 12.0. The lowest BCUT2D eigenvalue weighted by molar-refractivity contribution is -0.384. The van der Waals surface area contributed by atoms with E-state index in [2.05, 4.69) is 17.5 Å². The van der Waals surface area contributed by atoms with Crippen LogP contribution in [0, 0.1) is 16.0 Å². The summed E-state index contributed by atoms with van der Waals surface area (Å²) >= 11 is 5.91. The Balaban J connectivity index is 1.98. The molecule has 0 aromatic heterocycles. The van der Waals surface area contributed by atoms with Crippen LogP contribution in [0.5, 0.6) is 0 Å². The highest BCUT2D eigenvalue weighted by atomic mass is 35.5. The van der Waals surface area contributed by atoms with Gasteiger partial charge in [-0.15, -0.1) is 0 Å². The monoisotopic (exact) mass is 294 g/mol. The van der Waals surface area contributed by atoms with Crippen molar-refractivity contribution in [2.75, 3.05) is 6.54 Å². The van der Waals surface area contributed by atoms with Gasteiger partial charge >= 0.3 is 0 Å². The van der Waals surface area contributed by atoms with Gasteiger partial charge in [0.05, 0.1) is 15.5 Å². The van der Waals surface area contributed by atoms with E-state index >= 15 is 0 Å². The molecular formula is C14H15ClN2O3. The zero-order valence-corrected chi connectivity index (χ0v) is 11.6. The van der Waals surface area contributed by atoms with Crippen LogP contribution in [0.15, 0.2) is 30.4 Å². The third-order valence-electron chi connectivity index (χ3n) is 3.34. The van der Waals surface area contributed by atoms with Crippen LogP contribution in [0.2, 0.25) is 5.02 Å². The molecule has 2 rings (SSSR count). The van der Waals surface area contributed by atoms with Gasteiger partial charge in [0.1, 0.15) is 0 Å². The van der Waals surface area contributed by atoms with Gasteiger partial charge in [0.15, 0.2) is 0 Å². The molecule has 1 aromatic carbocycles. The van der Waals surface area contributed by atoms with Crippen LogP contribution >= 0.6 is 11.6 Å². The number of nitro groups is 1. The van der Waals surface area contributed by atoms with Crippen LogP contribution in [-0.4, -0.2) is 17.4 Å². The predicted molar refractivity (Wildman–Crippen MR) is 76.9 cm³/mol. The van der Waals surface area contributed by atoms with Crippen LogP contribution in [0.4, 0.5) is 5.69 Å². The van der Waals surface area contributed by atoms with Gasteiger partial charge in [-0.25, -0.2) is 0 Å². The molecule has 1 aliphatic carbocycles. The first-order valence-corrected chi connectivity index (χ1v) is 6.83. The maximum Gasteiger partial charge on any atom is 0.270 e. The number of halogens is 1. The molecule has 0 bridgehead atoms. The molecule has 1 N–H and O–H groups in total. The highest BCUT2D eigenvalue weighted by Gasteiger charge is 2.16. The number of non-ortho nitro benzene ring substituents is 1. The average molecular weight is 295 g/mol. The number of hydrogen-bond acceptors (Lipinski definition) is 3. The highest BCUT2D eigenvalue weighted by Crippen LogP contribution is 2.23. The van der Waals surface area contributed by atoms with Gasteiger partial charge in [0.2, 0.25) is 0 Å². The number of rotatable bonds is 4. The molecule has 1 aromatic rings. The second-order valence-electron chi connectivity index (χ2n) is 4.78. The fraction of sp³-hybridized carbons (Fsp3) is 0.357. The second-order valence-corrected chi connectivity index (χ2v) is 5.19. The second kappa shape index (κ2) is 6.52. The van der Waals surface area contributed by atoms with E-state index in [1.807, 2.05) is 0 Å². The first-order valence-electron chi connectivity index (χ1n) is 6.45. The average Bonchev–Trinajstić information content (AvgIpc) is 2.45. The highest BCUT2D eigenvalue weighted by molar-refractivity contribution is 6.34. The van der Waals surface area contributed by atoms with E-state index in [0.717, 1.165) is 19.3 Å². The van der Waals surface area contributed by atoms with Crippen molar-refractivity contribution < 1.29 is 9.72 Å². The van der Waals surface area contributed by atoms with Gasteiger partial charge in [-0.3, -0.25) is 14.9 Å². The fourth-order valence-corrected chi connectivity index (χ4v) is 2.44. The van der Waals surface area contributed by atoms with Gasteiger partial charge in [0.25, 0.3) is 11.6 Å². The lowest BCUT2D eigenvalue weighted by atomic mass is 9.94. The molecule has 1 aliphatic rings. The fourth-order valence-electron chi connectivity index (χ4n) is 2.18. The molecule has 5 nitrogen and oxygen atoms in total. The number of nitro benzene ring substituents is 1. The van der Waals surface area contributed by atoms with Crippen LogP contribution in [0.25, 0.3) is 0 Å². The van der Waals surface area contributed by atoms with Crippen molar-refractivity contribution in [2.24, 2.45) is 5.92 Å². The number of benzene rings is 1. The Morgan fingerprint density at radius 1 is 1.45 bits per heavy atom. The molecule has 0 saturated heterocycles. The number of carbonyl (C=O) groups excluding carboxylic acids is 1. The van der Waals surface area contributed by atoms with Gasteiger partial charge in [-0.1, -0.05) is 23.8 Å². The van der Waals surface area contributed by atoms with Crippen molar-refractivity contribution in [2.45, 2.75) is 19.3 Å². The van der Waals surface area contributed by atoms with E-state index in [1.54, 1.807) is 0 Å². The van der Waals surface area contributed by atoms with Crippen LogP contribution in [0.1, 0.15) is 29.6 Å². The summed E-state index contributed by atoms with van der Waals surface area (Å²) in [5, 5.41) is 13.5. The third kappa shape index (κ3) is 3.57. The summed E-state index contributed by atoms with van der Waals surface area (Å²) in [6.07, 6.45) is 7.34. The summed E-state index contributed by atoms with van der Waals surface area (Å²) in [6, 6.07) is 3.86. The summed E-state index contributed by atoms with van der Waals surface area (Å²) < 4.78 is 0. The summed E-state index contributed by atoms with van der Waals surface area (Å²) in [5.74, 6) is 0.153. The minimum Gasteiger partial charge on any atom is -0.352 e. The molecule has 1 amide bonds. The van der Waals surface area contributed by atoms with Gasteiger partial charge in [0, 0.05) is 18.7 Å². The Hall–Kier alpha value is -1.88. The minimum atomic E-state index is -0.540. The molecule has 20 heavy (non-hydrogen) atoms. The number of allylic oxidation sites excluding steroid dienone is 2. The van der Waals surface area contributed by atoms with Crippen molar-refractivity contribution in [3.05, 3.63) is 51.1 Å². The zero-order chi connectivity index (χ0) is 14.5. The van der Waals surface area contributed by atoms with Crippen molar-refractivity contribution in [3.8, 4) is 0 Å². The summed E-state index contributed by atoms with van der Waals surface area (Å²) in [4.78, 5) is 22.1. The van der Waals surface area contributed by atoms with Crippen molar-refractivity contribution >= 4 is 23.2 Å². The Morgan fingerprint density at radius 2 is 2.25 bits per heavy atom. The maximum absolute atomic E-state index is 12.0. The molecular weight excluding hydrogens is 280 g/mol. The number of hydrogen-bond donors (Lipinski definition) is 1. The molecule has 0 radical (unpaired) electrons. The molecule has 1 unspecified atom stereocenters. The summed E-state index contributed by atoms with van der Waals surface area (Å²) in [6.45, 7) is 0.594. The number of amides is 1. The topological polar surface area (TPSA) is 72.2 Å². The molecule has 106 valence electrons. The van der Waals surface area contributed by atoms with E-state index in [0.29, 0.717) is 12.5 Å². The van der Waals surface area contributed by atoms with Gasteiger partial charge in [-0.05, 0) is 31.2 Å². The van der Waals surface area contributed by atoms with E-state index in [9.17, 15) is 14.9 Å². The molecule has 1 atom stereocenters. The van der Waals surface area contributed by atoms with Crippen molar-refractivity contribution in [3.63, 3.8) is 0 Å². The molecule has 0 fully saturated rings. The zero-order valence-electron chi connectivity index (χ0n) is 10.8. The van der Waals surface area contributed by atoms with Crippen molar-refractivity contribution in [1.29, 1.82) is 0 Å². The summed E-state index contributed by atoms with van der Waals surface area (Å²) in [7, 11) is 0. The summed E-state index contributed by atoms with van der Waals surface area (Å²) in [5.41, 5.74) is 0.146. The number of carbonyl (C=O) groups is 1. The lowest BCUT2D eigenvalue weighted by Crippen LogP contribution is -2.29. The molecule has 0 saturated carbocycles. The van der Waals surface area contributed by atoms with Gasteiger partial charge in [-0.2, -0.15) is 0 Å². The number of nitrogens with zero attached hydrogens (tertiary/aromatic N) is 1. The first kappa shape index (κ1) is 14.5. The number of nitrogens with one attached hydrogen (secondary N) is 1. The Morgan fingerprint density at radius 3 is 2.85 bits per heavy atom. The molecule has 0 aliphatic heterocycles. The first-order chi connectivity index (χ1) is 9.58. The quantitative estimate of drug-likeness (QED) is 0.526. The van der Waals surface area contributed by atoms with Gasteiger partial charge < -0.3 is 5.32 Å². The SMILES string of the molecule is O=C(NCC1CC=CCC1)c1ccc([N+](=O)[O-])cc1Cl. The molecule has 0 heterocycles. The Bertz CT molecular complexity index is 557. The van der Waals surface area contributed by atoms with E-state index in [1.165, 1.54) is 18.2 Å². The minimum absolute atomic E-state index is 0.0974. The van der Waals surface area contributed by atoms with Crippen LogP contribution in [0.3, 0.4) is 0 Å². The normalized spacial score (nSPS) is 17.8. The van der Waals surface area contributed by atoms with Crippen LogP contribution < -0.4 is 5.32 Å².